The molecule has 0 spiro atoms. The van der Waals surface area contributed by atoms with Gasteiger partial charge in [-0.05, 0) is 63.6 Å². The average molecular weight is 562 g/mol. The van der Waals surface area contributed by atoms with Gasteiger partial charge in [0, 0.05) is 38.4 Å². The molecule has 41 heavy (non-hydrogen) atoms. The van der Waals surface area contributed by atoms with Crippen molar-refractivity contribution < 1.29 is 13.9 Å². The Bertz CT molecular complexity index is 1570. The Balaban J connectivity index is 1.32. The maximum Gasteiger partial charge on any atom is 0.327 e. The molecule has 11 heteroatoms. The van der Waals surface area contributed by atoms with E-state index in [4.69, 9.17) is 9.72 Å². The smallest absolute Gasteiger partial charge is 0.327 e. The van der Waals surface area contributed by atoms with Gasteiger partial charge in [0.1, 0.15) is 11.4 Å². The van der Waals surface area contributed by atoms with Gasteiger partial charge in [-0.25, -0.2) is 18.9 Å². The summed E-state index contributed by atoms with van der Waals surface area (Å²) in [6.45, 7) is 5.31. The molecule has 1 aliphatic heterocycles. The molecule has 0 bridgehead atoms. The van der Waals surface area contributed by atoms with Crippen LogP contribution >= 0.6 is 0 Å². The first-order valence-corrected chi connectivity index (χ1v) is 13.8. The molecule has 5 rings (SSSR count). The van der Waals surface area contributed by atoms with E-state index >= 15 is 0 Å². The highest BCUT2D eigenvalue weighted by atomic mass is 19.1. The number of benzene rings is 2. The Kier molecular flexibility index (Phi) is 8.07. The number of aromatic nitrogens is 4. The van der Waals surface area contributed by atoms with Crippen LogP contribution in [-0.2, 0) is 22.8 Å². The van der Waals surface area contributed by atoms with E-state index in [1.54, 1.807) is 33.0 Å². The van der Waals surface area contributed by atoms with E-state index in [2.05, 4.69) is 25.8 Å². The first-order chi connectivity index (χ1) is 19.7. The van der Waals surface area contributed by atoms with Gasteiger partial charge >= 0.3 is 5.97 Å². The van der Waals surface area contributed by atoms with Gasteiger partial charge in [0.05, 0.1) is 17.6 Å². The van der Waals surface area contributed by atoms with Gasteiger partial charge in [-0.15, -0.1) is 0 Å². The molecule has 0 radical (unpaired) electrons. The fourth-order valence-corrected chi connectivity index (χ4v) is 5.08. The first-order valence-electron chi connectivity index (χ1n) is 13.8. The number of imidazole rings is 1. The quantitative estimate of drug-likeness (QED) is 0.311. The van der Waals surface area contributed by atoms with Gasteiger partial charge in [0.25, 0.3) is 5.56 Å². The molecule has 0 atom stereocenters. The Morgan fingerprint density at radius 3 is 2.51 bits per heavy atom. The molecule has 0 amide bonds. The number of ether oxygens (including phenoxy) is 1. The van der Waals surface area contributed by atoms with E-state index in [1.807, 2.05) is 30.1 Å². The van der Waals surface area contributed by atoms with Crippen LogP contribution in [0.2, 0.25) is 0 Å². The van der Waals surface area contributed by atoms with Crippen molar-refractivity contribution in [2.75, 3.05) is 37.0 Å². The summed E-state index contributed by atoms with van der Waals surface area (Å²) in [5.41, 5.74) is 1.77. The van der Waals surface area contributed by atoms with E-state index in [0.717, 1.165) is 48.5 Å². The Labute approximate surface area is 238 Å². The van der Waals surface area contributed by atoms with E-state index < -0.39 is 11.5 Å². The zero-order chi connectivity index (χ0) is 29.1. The van der Waals surface area contributed by atoms with E-state index in [1.165, 1.54) is 29.0 Å². The molecule has 1 aliphatic rings. The van der Waals surface area contributed by atoms with E-state index in [-0.39, 0.29) is 24.1 Å². The summed E-state index contributed by atoms with van der Waals surface area (Å²) in [6, 6.07) is 16.1. The van der Waals surface area contributed by atoms with Crippen molar-refractivity contribution in [3.8, 4) is 0 Å². The summed E-state index contributed by atoms with van der Waals surface area (Å²) in [4.78, 5) is 38.9. The maximum atomic E-state index is 13.5. The molecule has 0 aliphatic carbocycles. The van der Waals surface area contributed by atoms with Crippen LogP contribution < -0.4 is 20.7 Å². The number of nitrogens with zero attached hydrogens (tertiary/aromatic N) is 6. The minimum atomic E-state index is -0.877. The summed E-state index contributed by atoms with van der Waals surface area (Å²) in [7, 11) is 3.60. The second-order valence-electron chi connectivity index (χ2n) is 10.9. The summed E-state index contributed by atoms with van der Waals surface area (Å²) < 4.78 is 22.6. The number of hydrogen-bond donors (Lipinski definition) is 1. The van der Waals surface area contributed by atoms with Crippen LogP contribution in [0.3, 0.4) is 0 Å². The number of carbonyl (C=O) groups excluding carboxylic acids is 1. The molecule has 1 N–H and O–H groups in total. The first kappa shape index (κ1) is 28.3. The molecule has 216 valence electrons. The van der Waals surface area contributed by atoms with Crippen molar-refractivity contribution in [3.05, 3.63) is 82.5 Å². The molecule has 1 fully saturated rings. The predicted molar refractivity (Wildman–Crippen MR) is 157 cm³/mol. The molecule has 10 nitrogen and oxygen atoms in total. The van der Waals surface area contributed by atoms with Crippen LogP contribution in [0.25, 0.3) is 11.0 Å². The van der Waals surface area contributed by atoms with Crippen molar-refractivity contribution >= 4 is 28.9 Å². The zero-order valence-corrected chi connectivity index (χ0v) is 23.9. The molecule has 4 aromatic rings. The number of nitrogens with one attached hydrogen (secondary N) is 1. The van der Waals surface area contributed by atoms with Gasteiger partial charge in [0.2, 0.25) is 11.9 Å². The molecule has 3 heterocycles. The van der Waals surface area contributed by atoms with Crippen molar-refractivity contribution in [1.29, 1.82) is 0 Å². The second-order valence-corrected chi connectivity index (χ2v) is 10.9. The van der Waals surface area contributed by atoms with Crippen LogP contribution in [0.15, 0.2) is 65.6 Å². The van der Waals surface area contributed by atoms with E-state index in [9.17, 15) is 14.0 Å². The number of esters is 1. The lowest BCUT2D eigenvalue weighted by atomic mass is 10.0. The van der Waals surface area contributed by atoms with Gasteiger partial charge in [-0.3, -0.25) is 9.59 Å². The number of hydrogen-bond acceptors (Lipinski definition) is 8. The van der Waals surface area contributed by atoms with Gasteiger partial charge in [0.15, 0.2) is 6.73 Å². The molecular weight excluding hydrogens is 525 g/mol. The Hall–Kier alpha value is -4.25. The molecule has 2 aromatic carbocycles. The van der Waals surface area contributed by atoms with Gasteiger partial charge in [-0.1, -0.05) is 24.3 Å². The number of piperidine rings is 1. The van der Waals surface area contributed by atoms with Crippen LogP contribution in [0, 0.1) is 5.82 Å². The van der Waals surface area contributed by atoms with Crippen LogP contribution in [0.4, 0.5) is 16.3 Å². The molecule has 2 aromatic heterocycles. The topological polar surface area (TPSA) is 97.5 Å². The number of likely N-dealkylation sites (N-methyl/N-ethyl adjacent to an activating group) is 1. The minimum absolute atomic E-state index is 0.117. The second kappa shape index (κ2) is 11.7. The normalized spacial score (nSPS) is 14.4. The fraction of sp³-hybridized carbons (Fsp3) is 0.400. The maximum absolute atomic E-state index is 13.5. The molecule has 1 saturated heterocycles. The number of fused-ring (bicyclic) bond motifs is 1. The standard InChI is InChI=1S/C30H36FN7O3/c1-30(2,32-3)27(40)41-20-38-26(39)13-16-33-28(38)35(4)23-14-17-36(18-15-23)29-34-24-7-5-6-8-25(24)37(29)19-21-9-11-22(31)12-10-21/h5-13,16,23,32H,14-15,17-20H2,1-4H3. The predicted octanol–water partition coefficient (Wildman–Crippen LogP) is 3.38. The number of carbonyl (C=O) groups is 1. The minimum Gasteiger partial charge on any atom is -0.442 e. The summed E-state index contributed by atoms with van der Waals surface area (Å²) >= 11 is 0. The van der Waals surface area contributed by atoms with Crippen molar-refractivity contribution in [3.63, 3.8) is 0 Å². The number of rotatable bonds is 9. The SMILES string of the molecule is CNC(C)(C)C(=O)OCn1c(N(C)C2CCN(c3nc4ccccc4n3Cc3ccc(F)cc3)CC2)nccc1=O. The number of halogens is 1. The number of para-hydroxylation sites is 2. The van der Waals surface area contributed by atoms with Crippen molar-refractivity contribution in [2.45, 2.75) is 51.5 Å². The van der Waals surface area contributed by atoms with E-state index in [0.29, 0.717) is 12.5 Å². The summed E-state index contributed by atoms with van der Waals surface area (Å²) in [6.07, 6.45) is 3.11. The lowest BCUT2D eigenvalue weighted by Crippen LogP contribution is -2.47. The lowest BCUT2D eigenvalue weighted by molar-refractivity contribution is -0.154. The third kappa shape index (κ3) is 5.95. The molecule has 0 unspecified atom stereocenters. The monoisotopic (exact) mass is 561 g/mol. The molecular formula is C30H36FN7O3. The van der Waals surface area contributed by atoms with Gasteiger partial charge < -0.3 is 24.4 Å². The van der Waals surface area contributed by atoms with Crippen LogP contribution in [-0.4, -0.2) is 63.8 Å². The highest BCUT2D eigenvalue weighted by molar-refractivity contribution is 5.80. The highest BCUT2D eigenvalue weighted by Gasteiger charge is 2.30. The fourth-order valence-electron chi connectivity index (χ4n) is 5.08. The average Bonchev–Trinajstić information content (AvgIpc) is 3.35. The van der Waals surface area contributed by atoms with Crippen LogP contribution in [0.5, 0.6) is 0 Å². The lowest BCUT2D eigenvalue weighted by Gasteiger charge is -2.38. The largest absolute Gasteiger partial charge is 0.442 e. The summed E-state index contributed by atoms with van der Waals surface area (Å²) in [5, 5.41) is 2.91. The molecule has 0 saturated carbocycles. The highest BCUT2D eigenvalue weighted by Crippen LogP contribution is 2.28. The van der Waals surface area contributed by atoms with Crippen molar-refractivity contribution in [2.24, 2.45) is 0 Å². The Morgan fingerprint density at radius 2 is 1.80 bits per heavy atom. The van der Waals surface area contributed by atoms with Crippen molar-refractivity contribution in [1.82, 2.24) is 24.4 Å². The van der Waals surface area contributed by atoms with Gasteiger partial charge in [-0.2, -0.15) is 0 Å². The summed E-state index contributed by atoms with van der Waals surface area (Å²) in [5.74, 6) is 0.620. The third-order valence-electron chi connectivity index (χ3n) is 7.87. The van der Waals surface area contributed by atoms with Crippen LogP contribution in [0.1, 0.15) is 32.3 Å². The zero-order valence-electron chi connectivity index (χ0n) is 23.9. The Morgan fingerprint density at radius 1 is 1.10 bits per heavy atom. The third-order valence-corrected chi connectivity index (χ3v) is 7.87. The number of anilines is 2.